The maximum absolute atomic E-state index is 14.0. The number of likely N-dealkylation sites (tertiary alicyclic amines) is 1. The number of para-hydroxylation sites is 1. The van der Waals surface area contributed by atoms with Crippen molar-refractivity contribution in [2.45, 2.75) is 24.9 Å². The molecule has 39 heavy (non-hydrogen) atoms. The van der Waals surface area contributed by atoms with Crippen LogP contribution in [0.15, 0.2) is 67.0 Å². The Balaban J connectivity index is 1.39. The summed E-state index contributed by atoms with van der Waals surface area (Å²) >= 11 is 0. The van der Waals surface area contributed by atoms with E-state index in [1.165, 1.54) is 0 Å². The Bertz CT molecular complexity index is 1460. The number of hydrogen-bond acceptors (Lipinski definition) is 6. The fraction of sp³-hybridized carbons (Fsp3) is 0.355. The summed E-state index contributed by atoms with van der Waals surface area (Å²) in [7, 11) is 1.68. The molecule has 2 fully saturated rings. The van der Waals surface area contributed by atoms with Crippen molar-refractivity contribution in [2.75, 3.05) is 46.4 Å². The zero-order chi connectivity index (χ0) is 26.8. The van der Waals surface area contributed by atoms with Crippen LogP contribution in [0, 0.1) is 0 Å². The zero-order valence-electron chi connectivity index (χ0n) is 22.3. The molecule has 2 saturated heterocycles. The van der Waals surface area contributed by atoms with Crippen molar-refractivity contribution in [3.63, 3.8) is 0 Å². The van der Waals surface area contributed by atoms with Crippen LogP contribution < -0.4 is 10.1 Å². The third-order valence-corrected chi connectivity index (χ3v) is 8.09. The van der Waals surface area contributed by atoms with Crippen molar-refractivity contribution in [1.29, 1.82) is 0 Å². The van der Waals surface area contributed by atoms with Gasteiger partial charge >= 0.3 is 0 Å². The topological polar surface area (TPSA) is 93.7 Å². The molecule has 8 nitrogen and oxygen atoms in total. The van der Waals surface area contributed by atoms with Crippen molar-refractivity contribution in [3.8, 4) is 28.0 Å². The largest absolute Gasteiger partial charge is 0.496 e. The molecule has 2 aliphatic heterocycles. The number of aromatic amines is 1. The number of rotatable bonds is 7. The first kappa shape index (κ1) is 25.6. The van der Waals surface area contributed by atoms with Crippen LogP contribution in [-0.2, 0) is 4.79 Å². The second kappa shape index (κ2) is 11.2. The predicted molar refractivity (Wildman–Crippen MR) is 153 cm³/mol. The number of pyridine rings is 1. The van der Waals surface area contributed by atoms with E-state index in [-0.39, 0.29) is 24.6 Å². The van der Waals surface area contributed by atoms with Gasteiger partial charge in [0.1, 0.15) is 17.4 Å². The summed E-state index contributed by atoms with van der Waals surface area (Å²) in [4.78, 5) is 26.2. The molecule has 0 saturated carbocycles. The molecule has 2 aliphatic rings. The Morgan fingerprint density at radius 2 is 1.92 bits per heavy atom. The van der Waals surface area contributed by atoms with Crippen LogP contribution >= 0.6 is 0 Å². The van der Waals surface area contributed by atoms with Crippen LogP contribution in [0.5, 0.6) is 5.75 Å². The number of benzene rings is 2. The number of aromatic nitrogens is 2. The second-order valence-electron chi connectivity index (χ2n) is 10.3. The first-order valence-electron chi connectivity index (χ1n) is 13.7. The summed E-state index contributed by atoms with van der Waals surface area (Å²) in [6.45, 7) is 4.03. The summed E-state index contributed by atoms with van der Waals surface area (Å²) in [5, 5.41) is 14.3. The van der Waals surface area contributed by atoms with Crippen molar-refractivity contribution < 1.29 is 14.6 Å². The van der Waals surface area contributed by atoms with Gasteiger partial charge in [-0.25, -0.2) is 4.98 Å². The second-order valence-corrected chi connectivity index (χ2v) is 10.3. The summed E-state index contributed by atoms with van der Waals surface area (Å²) < 4.78 is 5.62. The van der Waals surface area contributed by atoms with Crippen LogP contribution in [0.1, 0.15) is 24.4 Å². The number of ether oxygens (including phenoxy) is 1. The maximum atomic E-state index is 14.0. The van der Waals surface area contributed by atoms with Gasteiger partial charge in [0, 0.05) is 67.2 Å². The van der Waals surface area contributed by atoms with Crippen molar-refractivity contribution in [1.82, 2.24) is 25.1 Å². The first-order valence-corrected chi connectivity index (χ1v) is 13.7. The normalized spacial score (nSPS) is 18.9. The smallest absolute Gasteiger partial charge is 0.244 e. The fourth-order valence-corrected chi connectivity index (χ4v) is 6.06. The fourth-order valence-electron chi connectivity index (χ4n) is 6.06. The van der Waals surface area contributed by atoms with Gasteiger partial charge in [0.15, 0.2) is 0 Å². The minimum absolute atomic E-state index is 0.0108. The molecule has 1 unspecified atom stereocenters. The quantitative estimate of drug-likeness (QED) is 0.340. The van der Waals surface area contributed by atoms with Gasteiger partial charge in [0.2, 0.25) is 5.91 Å². The summed E-state index contributed by atoms with van der Waals surface area (Å²) in [5.41, 5.74) is 5.83. The zero-order valence-corrected chi connectivity index (χ0v) is 22.3. The monoisotopic (exact) mass is 525 g/mol. The van der Waals surface area contributed by atoms with Gasteiger partial charge in [-0.1, -0.05) is 36.4 Å². The van der Waals surface area contributed by atoms with Gasteiger partial charge in [0.25, 0.3) is 0 Å². The molecule has 4 heterocycles. The van der Waals surface area contributed by atoms with Crippen molar-refractivity contribution in [2.24, 2.45) is 0 Å². The summed E-state index contributed by atoms with van der Waals surface area (Å²) in [5.74, 6) is 0.898. The molecule has 1 amide bonds. The average Bonchev–Trinajstić information content (AvgIpc) is 3.65. The van der Waals surface area contributed by atoms with E-state index in [4.69, 9.17) is 9.72 Å². The molecular weight excluding hydrogens is 490 g/mol. The third kappa shape index (κ3) is 4.91. The van der Waals surface area contributed by atoms with E-state index in [2.05, 4.69) is 45.5 Å². The Hall–Kier alpha value is -3.72. The highest BCUT2D eigenvalue weighted by atomic mass is 16.5. The van der Waals surface area contributed by atoms with Crippen LogP contribution in [0.3, 0.4) is 0 Å². The lowest BCUT2D eigenvalue weighted by atomic mass is 9.96. The molecule has 0 spiro atoms. The Kier molecular flexibility index (Phi) is 7.32. The lowest BCUT2D eigenvalue weighted by Gasteiger charge is -2.37. The Labute approximate surface area is 228 Å². The molecular formula is C31H35N5O3. The maximum Gasteiger partial charge on any atom is 0.244 e. The van der Waals surface area contributed by atoms with Gasteiger partial charge in [0.05, 0.1) is 19.8 Å². The van der Waals surface area contributed by atoms with E-state index in [1.807, 2.05) is 41.6 Å². The Morgan fingerprint density at radius 1 is 1.08 bits per heavy atom. The van der Waals surface area contributed by atoms with Gasteiger partial charge in [-0.05, 0) is 42.2 Å². The van der Waals surface area contributed by atoms with E-state index in [0.29, 0.717) is 6.54 Å². The van der Waals surface area contributed by atoms with Crippen LogP contribution in [0.2, 0.25) is 0 Å². The van der Waals surface area contributed by atoms with E-state index >= 15 is 0 Å². The van der Waals surface area contributed by atoms with E-state index in [1.54, 1.807) is 7.11 Å². The number of nitrogens with zero attached hydrogens (tertiary/aromatic N) is 3. The number of carbonyl (C=O) groups excluding carboxylic acids is 1. The Morgan fingerprint density at radius 3 is 2.74 bits per heavy atom. The van der Waals surface area contributed by atoms with Gasteiger partial charge < -0.3 is 25.0 Å². The molecule has 0 aliphatic carbocycles. The van der Waals surface area contributed by atoms with E-state index in [0.717, 1.165) is 83.6 Å². The van der Waals surface area contributed by atoms with Gasteiger partial charge in [-0.15, -0.1) is 0 Å². The summed E-state index contributed by atoms with van der Waals surface area (Å²) in [6.07, 6.45) is 5.64. The highest BCUT2D eigenvalue weighted by Gasteiger charge is 2.37. The molecule has 2 aromatic carbocycles. The standard InChI is InChI=1S/C31H35N5O3/c1-39-28-10-3-2-9-25(28)27-19-34-30-26(27)17-23(18-33-30)21-6-4-7-22(16-21)29(35-14-11-32-12-15-35)31(38)36-13-5-8-24(36)20-37/h2-4,6-7,9-10,16-19,24,29,32,37H,5,8,11-15,20H2,1H3,(H,33,34)/t24-,29?/m1/s1. The SMILES string of the molecule is COc1ccccc1-c1c[nH]c2ncc(-c3cccc(C(C(=O)N4CCC[C@@H]4CO)N4CCNCC4)c3)cc12. The van der Waals surface area contributed by atoms with Crippen LogP contribution in [0.25, 0.3) is 33.3 Å². The number of H-pyrrole nitrogens is 1. The molecule has 6 rings (SSSR count). The highest BCUT2D eigenvalue weighted by Crippen LogP contribution is 2.37. The van der Waals surface area contributed by atoms with Crippen LogP contribution in [-0.4, -0.2) is 83.3 Å². The molecule has 202 valence electrons. The summed E-state index contributed by atoms with van der Waals surface area (Å²) in [6, 6.07) is 18.0. The lowest BCUT2D eigenvalue weighted by molar-refractivity contribution is -0.139. The number of methoxy groups -OCH3 is 1. The molecule has 4 aromatic rings. The molecule has 0 radical (unpaired) electrons. The van der Waals surface area contributed by atoms with Crippen molar-refractivity contribution >= 4 is 16.9 Å². The number of amides is 1. The van der Waals surface area contributed by atoms with Crippen LogP contribution in [0.4, 0.5) is 0 Å². The lowest BCUT2D eigenvalue weighted by Crippen LogP contribution is -2.51. The highest BCUT2D eigenvalue weighted by molar-refractivity contribution is 5.97. The predicted octanol–water partition coefficient (Wildman–Crippen LogP) is 3.84. The third-order valence-electron chi connectivity index (χ3n) is 8.09. The number of aliphatic hydroxyl groups is 1. The first-order chi connectivity index (χ1) is 19.2. The number of fused-ring (bicyclic) bond motifs is 1. The van der Waals surface area contributed by atoms with E-state index in [9.17, 15) is 9.90 Å². The minimum Gasteiger partial charge on any atom is -0.496 e. The number of nitrogens with one attached hydrogen (secondary N) is 2. The molecule has 2 atom stereocenters. The van der Waals surface area contributed by atoms with Gasteiger partial charge in [-0.2, -0.15) is 0 Å². The number of aliphatic hydroxyl groups excluding tert-OH is 1. The van der Waals surface area contributed by atoms with E-state index < -0.39 is 0 Å². The number of hydrogen-bond donors (Lipinski definition) is 3. The number of carbonyl (C=O) groups is 1. The molecule has 2 aromatic heterocycles. The molecule has 8 heteroatoms. The molecule has 0 bridgehead atoms. The molecule has 3 N–H and O–H groups in total. The van der Waals surface area contributed by atoms with Gasteiger partial charge in [-0.3, -0.25) is 9.69 Å². The van der Waals surface area contributed by atoms with Crippen molar-refractivity contribution in [3.05, 3.63) is 72.6 Å². The number of piperazine rings is 1. The average molecular weight is 526 g/mol. The minimum atomic E-state index is -0.382.